The molecule has 0 aromatic carbocycles. The van der Waals surface area contributed by atoms with Crippen molar-refractivity contribution >= 4 is 0 Å². The molecule has 1 heterocycles. The lowest BCUT2D eigenvalue weighted by atomic mass is 9.69. The average molecular weight is 266 g/mol. The van der Waals surface area contributed by atoms with E-state index in [2.05, 4.69) is 32.8 Å². The normalized spacial score (nSPS) is 31.7. The number of rotatable bonds is 3. The van der Waals surface area contributed by atoms with E-state index in [1.54, 1.807) is 13.3 Å². The van der Waals surface area contributed by atoms with Crippen LogP contribution in [0.5, 0.6) is 5.75 Å². The largest absolute Gasteiger partial charge is 0.493 e. The summed E-state index contributed by atoms with van der Waals surface area (Å²) < 4.78 is 7.34. The van der Waals surface area contributed by atoms with E-state index in [0.29, 0.717) is 11.7 Å². The van der Waals surface area contributed by atoms with Crippen molar-refractivity contribution in [1.29, 1.82) is 0 Å². The molecule has 1 saturated carbocycles. The first-order valence-corrected chi connectivity index (χ1v) is 7.26. The smallest absolute Gasteiger partial charge is 0.162 e. The summed E-state index contributed by atoms with van der Waals surface area (Å²) in [5.74, 6) is 1.43. The van der Waals surface area contributed by atoms with Gasteiger partial charge in [-0.3, -0.25) is 4.68 Å². The molecule has 0 radical (unpaired) electrons. The van der Waals surface area contributed by atoms with Gasteiger partial charge in [-0.15, -0.1) is 0 Å². The number of hydrogen-bond donors (Lipinski definition) is 1. The molecule has 1 N–H and O–H groups in total. The van der Waals surface area contributed by atoms with Crippen LogP contribution in [0.2, 0.25) is 0 Å². The van der Waals surface area contributed by atoms with Crippen molar-refractivity contribution in [3.05, 3.63) is 11.9 Å². The molecule has 1 aromatic heterocycles. The van der Waals surface area contributed by atoms with Gasteiger partial charge in [0.2, 0.25) is 0 Å². The summed E-state index contributed by atoms with van der Waals surface area (Å²) >= 11 is 0. The van der Waals surface area contributed by atoms with Gasteiger partial charge in [-0.1, -0.05) is 20.3 Å². The molecule has 0 spiro atoms. The third kappa shape index (κ3) is 2.27. The molecular formula is C15H26N2O2. The summed E-state index contributed by atoms with van der Waals surface area (Å²) in [6.07, 6.45) is 4.74. The zero-order valence-corrected chi connectivity index (χ0v) is 12.7. The Morgan fingerprint density at radius 1 is 1.47 bits per heavy atom. The highest BCUT2D eigenvalue weighted by Crippen LogP contribution is 2.47. The standard InChI is InChI=1S/C15H26N2O2/c1-10(2)17-14(13(19-5)9-16-17)15(18)8-6-7-11(3)12(15)4/h9-12,18H,6-8H2,1-5H3. The van der Waals surface area contributed by atoms with E-state index >= 15 is 0 Å². The van der Waals surface area contributed by atoms with Crippen LogP contribution in [0.3, 0.4) is 0 Å². The van der Waals surface area contributed by atoms with E-state index in [9.17, 15) is 5.11 Å². The topological polar surface area (TPSA) is 47.3 Å². The molecule has 0 saturated heterocycles. The van der Waals surface area contributed by atoms with E-state index in [-0.39, 0.29) is 12.0 Å². The van der Waals surface area contributed by atoms with Crippen LogP contribution in [0, 0.1) is 11.8 Å². The maximum absolute atomic E-state index is 11.3. The maximum Gasteiger partial charge on any atom is 0.162 e. The SMILES string of the molecule is COc1cnn(C(C)C)c1C1(O)CCCC(C)C1C. The van der Waals surface area contributed by atoms with Crippen molar-refractivity contribution in [3.63, 3.8) is 0 Å². The van der Waals surface area contributed by atoms with Gasteiger partial charge < -0.3 is 9.84 Å². The molecule has 3 atom stereocenters. The predicted molar refractivity (Wildman–Crippen MR) is 75.2 cm³/mol. The van der Waals surface area contributed by atoms with Gasteiger partial charge in [-0.2, -0.15) is 5.10 Å². The van der Waals surface area contributed by atoms with E-state index in [0.717, 1.165) is 18.5 Å². The number of methoxy groups -OCH3 is 1. The van der Waals surface area contributed by atoms with Gasteiger partial charge in [0.1, 0.15) is 11.3 Å². The average Bonchev–Trinajstić information content (AvgIpc) is 2.80. The highest BCUT2D eigenvalue weighted by Gasteiger charge is 2.45. The monoisotopic (exact) mass is 266 g/mol. The molecule has 0 bridgehead atoms. The van der Waals surface area contributed by atoms with Crippen molar-refractivity contribution in [2.24, 2.45) is 11.8 Å². The third-order valence-corrected chi connectivity index (χ3v) is 4.71. The van der Waals surface area contributed by atoms with Crippen LogP contribution in [0.4, 0.5) is 0 Å². The lowest BCUT2D eigenvalue weighted by Gasteiger charge is -2.42. The van der Waals surface area contributed by atoms with Crippen molar-refractivity contribution in [2.75, 3.05) is 7.11 Å². The molecule has 3 unspecified atom stereocenters. The summed E-state index contributed by atoms with van der Waals surface area (Å²) in [5, 5.41) is 15.7. The maximum atomic E-state index is 11.3. The Morgan fingerprint density at radius 3 is 2.74 bits per heavy atom. The zero-order valence-electron chi connectivity index (χ0n) is 12.7. The highest BCUT2D eigenvalue weighted by molar-refractivity contribution is 5.32. The number of aromatic nitrogens is 2. The minimum Gasteiger partial charge on any atom is -0.493 e. The van der Waals surface area contributed by atoms with Crippen LogP contribution in [0.15, 0.2) is 6.20 Å². The second kappa shape index (κ2) is 5.16. The van der Waals surface area contributed by atoms with Crippen LogP contribution >= 0.6 is 0 Å². The molecule has 1 aliphatic carbocycles. The van der Waals surface area contributed by atoms with Crippen LogP contribution in [-0.4, -0.2) is 22.0 Å². The first-order valence-electron chi connectivity index (χ1n) is 7.26. The Labute approximate surface area is 115 Å². The first-order chi connectivity index (χ1) is 8.91. The van der Waals surface area contributed by atoms with Crippen LogP contribution in [0.25, 0.3) is 0 Å². The summed E-state index contributed by atoms with van der Waals surface area (Å²) in [5.41, 5.74) is 0.0214. The fourth-order valence-corrected chi connectivity index (χ4v) is 3.27. The highest BCUT2D eigenvalue weighted by atomic mass is 16.5. The minimum atomic E-state index is -0.830. The summed E-state index contributed by atoms with van der Waals surface area (Å²) in [6, 6.07) is 0.215. The van der Waals surface area contributed by atoms with E-state index < -0.39 is 5.60 Å². The molecule has 0 aliphatic heterocycles. The van der Waals surface area contributed by atoms with Gasteiger partial charge >= 0.3 is 0 Å². The van der Waals surface area contributed by atoms with E-state index in [4.69, 9.17) is 4.74 Å². The number of nitrogens with zero attached hydrogens (tertiary/aromatic N) is 2. The van der Waals surface area contributed by atoms with Crippen molar-refractivity contribution in [1.82, 2.24) is 9.78 Å². The third-order valence-electron chi connectivity index (χ3n) is 4.71. The Bertz CT molecular complexity index is 441. The Balaban J connectivity index is 2.52. The minimum absolute atomic E-state index is 0.212. The molecule has 1 fully saturated rings. The number of ether oxygens (including phenoxy) is 1. The zero-order chi connectivity index (χ0) is 14.2. The lowest BCUT2D eigenvalue weighted by molar-refractivity contribution is -0.0772. The molecule has 2 rings (SSSR count). The molecular weight excluding hydrogens is 240 g/mol. The summed E-state index contributed by atoms with van der Waals surface area (Å²) in [6.45, 7) is 8.52. The number of aliphatic hydroxyl groups is 1. The van der Waals surface area contributed by atoms with Gasteiger partial charge in [-0.05, 0) is 38.5 Å². The molecule has 108 valence electrons. The molecule has 4 nitrogen and oxygen atoms in total. The van der Waals surface area contributed by atoms with Gasteiger partial charge in [0.15, 0.2) is 5.75 Å². The second-order valence-electron chi connectivity index (χ2n) is 6.18. The molecule has 19 heavy (non-hydrogen) atoms. The van der Waals surface area contributed by atoms with E-state index in [1.165, 1.54) is 6.42 Å². The molecule has 1 aromatic rings. The number of hydrogen-bond acceptors (Lipinski definition) is 3. The van der Waals surface area contributed by atoms with Gasteiger partial charge in [0.25, 0.3) is 0 Å². The second-order valence-corrected chi connectivity index (χ2v) is 6.18. The van der Waals surface area contributed by atoms with Crippen molar-refractivity contribution < 1.29 is 9.84 Å². The van der Waals surface area contributed by atoms with Crippen molar-refractivity contribution in [3.8, 4) is 5.75 Å². The first kappa shape index (κ1) is 14.4. The van der Waals surface area contributed by atoms with E-state index in [1.807, 2.05) is 4.68 Å². The van der Waals surface area contributed by atoms with Gasteiger partial charge in [-0.25, -0.2) is 0 Å². The van der Waals surface area contributed by atoms with Crippen molar-refractivity contribution in [2.45, 2.75) is 58.6 Å². The molecule has 4 heteroatoms. The van der Waals surface area contributed by atoms with Gasteiger partial charge in [0.05, 0.1) is 13.3 Å². The fraction of sp³-hybridized carbons (Fsp3) is 0.800. The molecule has 1 aliphatic rings. The fourth-order valence-electron chi connectivity index (χ4n) is 3.27. The lowest BCUT2D eigenvalue weighted by Crippen LogP contribution is -2.42. The Hall–Kier alpha value is -1.03. The van der Waals surface area contributed by atoms with Crippen LogP contribution in [-0.2, 0) is 5.60 Å². The quantitative estimate of drug-likeness (QED) is 0.914. The van der Waals surface area contributed by atoms with Crippen LogP contribution in [0.1, 0.15) is 58.7 Å². The Kier molecular flexibility index (Phi) is 3.90. The van der Waals surface area contributed by atoms with Gasteiger partial charge in [0, 0.05) is 6.04 Å². The Morgan fingerprint density at radius 2 is 2.16 bits per heavy atom. The summed E-state index contributed by atoms with van der Waals surface area (Å²) in [4.78, 5) is 0. The van der Waals surface area contributed by atoms with Crippen LogP contribution < -0.4 is 4.74 Å². The predicted octanol–water partition coefficient (Wildman–Crippen LogP) is 3.12. The molecule has 0 amide bonds. The summed E-state index contributed by atoms with van der Waals surface area (Å²) in [7, 11) is 1.64.